The lowest BCUT2D eigenvalue weighted by Crippen LogP contribution is -2.49. The topological polar surface area (TPSA) is 41.4 Å². The third kappa shape index (κ3) is 3.33. The first kappa shape index (κ1) is 21.5. The molecular weight excluding hydrogens is 464 g/mol. The maximum atomic E-state index is 13.5. The average molecular weight is 491 g/mol. The zero-order valence-electron chi connectivity index (χ0n) is 20.1. The number of aryl methyl sites for hydroxylation is 1. The van der Waals surface area contributed by atoms with Gasteiger partial charge in [0.1, 0.15) is 4.83 Å². The van der Waals surface area contributed by atoms with Crippen LogP contribution in [0.1, 0.15) is 32.5 Å². The van der Waals surface area contributed by atoms with Crippen LogP contribution in [0.4, 0.5) is 0 Å². The minimum Gasteiger partial charge on any atom is -0.335 e. The Balaban J connectivity index is 1.13. The number of para-hydroxylation sites is 1. The van der Waals surface area contributed by atoms with E-state index in [0.717, 1.165) is 52.7 Å². The fraction of sp³-hybridized carbons (Fsp3) is 0.200. The van der Waals surface area contributed by atoms with Gasteiger partial charge in [0, 0.05) is 31.6 Å². The van der Waals surface area contributed by atoms with E-state index >= 15 is 0 Å². The number of fused-ring (bicyclic) bond motifs is 4. The minimum atomic E-state index is 0.127. The molecule has 1 aliphatic carbocycles. The molecule has 0 atom stereocenters. The molecule has 7 rings (SSSR count). The third-order valence-electron chi connectivity index (χ3n) is 7.52. The lowest BCUT2D eigenvalue weighted by Gasteiger charge is -2.38. The van der Waals surface area contributed by atoms with Crippen LogP contribution in [0.2, 0.25) is 0 Å². The van der Waals surface area contributed by atoms with Gasteiger partial charge in [0.25, 0.3) is 5.91 Å². The number of hydrogen-bond donors (Lipinski definition) is 0. The molecule has 1 aliphatic heterocycles. The quantitative estimate of drug-likeness (QED) is 0.315. The van der Waals surface area contributed by atoms with Crippen LogP contribution in [0.25, 0.3) is 27.0 Å². The van der Waals surface area contributed by atoms with Crippen molar-refractivity contribution in [1.82, 2.24) is 19.6 Å². The van der Waals surface area contributed by atoms with E-state index in [0.29, 0.717) is 0 Å². The number of thiophene rings is 1. The smallest absolute Gasteiger partial charge is 0.264 e. The van der Waals surface area contributed by atoms with Crippen LogP contribution < -0.4 is 0 Å². The molecule has 1 amide bonds. The van der Waals surface area contributed by atoms with Crippen molar-refractivity contribution in [1.29, 1.82) is 0 Å². The molecule has 0 N–H and O–H groups in total. The van der Waals surface area contributed by atoms with Gasteiger partial charge in [0.2, 0.25) is 0 Å². The molecule has 5 nitrogen and oxygen atoms in total. The molecule has 3 heterocycles. The predicted molar refractivity (Wildman–Crippen MR) is 145 cm³/mol. The molecule has 0 unspecified atom stereocenters. The number of piperazine rings is 1. The Bertz CT molecular complexity index is 1550. The fourth-order valence-electron chi connectivity index (χ4n) is 5.76. The Morgan fingerprint density at radius 3 is 2.11 bits per heavy atom. The molecule has 2 aliphatic rings. The zero-order valence-corrected chi connectivity index (χ0v) is 20.9. The SMILES string of the molecule is Cc1nn(-c2ccccc2)c2sc(C(=O)N3CCN(C4c5ccccc5-c5ccccc54)CC3)cc12. The molecular formula is C30H26N4OS. The lowest BCUT2D eigenvalue weighted by atomic mass is 10.0. The summed E-state index contributed by atoms with van der Waals surface area (Å²) in [6.07, 6.45) is 0. The molecule has 36 heavy (non-hydrogen) atoms. The van der Waals surface area contributed by atoms with Crippen molar-refractivity contribution in [2.45, 2.75) is 13.0 Å². The Labute approximate surface area is 214 Å². The van der Waals surface area contributed by atoms with Gasteiger partial charge in [-0.05, 0) is 47.4 Å². The Morgan fingerprint density at radius 1 is 0.833 bits per heavy atom. The van der Waals surface area contributed by atoms with E-state index in [2.05, 4.69) is 53.4 Å². The van der Waals surface area contributed by atoms with Gasteiger partial charge in [-0.1, -0.05) is 66.7 Å². The molecule has 0 bridgehead atoms. The Morgan fingerprint density at radius 2 is 1.44 bits per heavy atom. The number of rotatable bonds is 3. The molecule has 178 valence electrons. The van der Waals surface area contributed by atoms with Crippen LogP contribution in [0.15, 0.2) is 84.9 Å². The second-order valence-electron chi connectivity index (χ2n) is 9.57. The summed E-state index contributed by atoms with van der Waals surface area (Å²) < 4.78 is 1.96. The van der Waals surface area contributed by atoms with E-state index in [-0.39, 0.29) is 11.9 Å². The molecule has 5 aromatic rings. The number of amides is 1. The van der Waals surface area contributed by atoms with E-state index in [9.17, 15) is 4.79 Å². The highest BCUT2D eigenvalue weighted by Crippen LogP contribution is 2.46. The van der Waals surface area contributed by atoms with Crippen LogP contribution in [-0.2, 0) is 0 Å². The summed E-state index contributed by atoms with van der Waals surface area (Å²) in [6, 6.07) is 29.9. The number of nitrogens with zero attached hydrogens (tertiary/aromatic N) is 4. The van der Waals surface area contributed by atoms with E-state index < -0.39 is 0 Å². The normalized spacial score (nSPS) is 15.9. The number of carbonyl (C=O) groups excluding carboxylic acids is 1. The maximum Gasteiger partial charge on any atom is 0.264 e. The van der Waals surface area contributed by atoms with Crippen LogP contribution in [0, 0.1) is 6.92 Å². The van der Waals surface area contributed by atoms with Crippen molar-refractivity contribution >= 4 is 27.5 Å². The fourth-order valence-corrected chi connectivity index (χ4v) is 6.91. The van der Waals surface area contributed by atoms with Crippen LogP contribution in [-0.4, -0.2) is 51.7 Å². The Hall–Kier alpha value is -3.74. The summed E-state index contributed by atoms with van der Waals surface area (Å²) in [5, 5.41) is 5.78. The standard InChI is InChI=1S/C30H26N4OS/c1-20-26-19-27(36-30(26)34(31-20)21-9-3-2-4-10-21)29(35)33-17-15-32(16-18-33)28-24-13-7-5-11-22(24)23-12-6-8-14-25(23)28/h2-14,19,28H,15-18H2,1H3. The van der Waals surface area contributed by atoms with Gasteiger partial charge >= 0.3 is 0 Å². The van der Waals surface area contributed by atoms with Crippen LogP contribution in [0.5, 0.6) is 0 Å². The van der Waals surface area contributed by atoms with Crippen molar-refractivity contribution < 1.29 is 4.79 Å². The molecule has 0 radical (unpaired) electrons. The highest BCUT2D eigenvalue weighted by molar-refractivity contribution is 7.20. The largest absolute Gasteiger partial charge is 0.335 e. The monoisotopic (exact) mass is 490 g/mol. The lowest BCUT2D eigenvalue weighted by molar-refractivity contribution is 0.0604. The van der Waals surface area contributed by atoms with Gasteiger partial charge in [0.05, 0.1) is 22.3 Å². The third-order valence-corrected chi connectivity index (χ3v) is 8.62. The van der Waals surface area contributed by atoms with Gasteiger partial charge < -0.3 is 4.90 Å². The van der Waals surface area contributed by atoms with Crippen LogP contribution in [0.3, 0.4) is 0 Å². The first-order chi connectivity index (χ1) is 17.7. The molecule has 2 aromatic heterocycles. The second-order valence-corrected chi connectivity index (χ2v) is 10.6. The van der Waals surface area contributed by atoms with Gasteiger partial charge in [-0.15, -0.1) is 11.3 Å². The van der Waals surface area contributed by atoms with Crippen molar-refractivity contribution in [3.8, 4) is 16.8 Å². The maximum absolute atomic E-state index is 13.5. The van der Waals surface area contributed by atoms with Gasteiger partial charge in [-0.2, -0.15) is 5.10 Å². The van der Waals surface area contributed by atoms with Crippen LogP contribution >= 0.6 is 11.3 Å². The number of aromatic nitrogens is 2. The second kappa shape index (κ2) is 8.43. The van der Waals surface area contributed by atoms with Gasteiger partial charge in [0.15, 0.2) is 0 Å². The summed E-state index contributed by atoms with van der Waals surface area (Å²) >= 11 is 1.54. The molecule has 1 saturated heterocycles. The predicted octanol–water partition coefficient (Wildman–Crippen LogP) is 5.92. The average Bonchev–Trinajstić information content (AvgIpc) is 3.60. The number of benzene rings is 3. The van der Waals surface area contributed by atoms with Gasteiger partial charge in [-0.25, -0.2) is 4.68 Å². The zero-order chi connectivity index (χ0) is 24.2. The minimum absolute atomic E-state index is 0.127. The highest BCUT2D eigenvalue weighted by atomic mass is 32.1. The Kier molecular flexibility index (Phi) is 5.04. The molecule has 6 heteroatoms. The molecule has 1 fully saturated rings. The van der Waals surface area contributed by atoms with E-state index in [1.165, 1.54) is 22.3 Å². The summed E-state index contributed by atoms with van der Waals surface area (Å²) in [7, 11) is 0. The first-order valence-electron chi connectivity index (χ1n) is 12.4. The van der Waals surface area contributed by atoms with E-state index in [1.807, 2.05) is 52.9 Å². The van der Waals surface area contributed by atoms with Crippen molar-refractivity contribution in [3.05, 3.63) is 107 Å². The van der Waals surface area contributed by atoms with E-state index in [1.54, 1.807) is 11.3 Å². The van der Waals surface area contributed by atoms with Crippen molar-refractivity contribution in [2.75, 3.05) is 26.2 Å². The first-order valence-corrected chi connectivity index (χ1v) is 13.3. The molecule has 3 aromatic carbocycles. The summed E-state index contributed by atoms with van der Waals surface area (Å²) in [5.74, 6) is 0.127. The van der Waals surface area contributed by atoms with E-state index in [4.69, 9.17) is 5.10 Å². The summed E-state index contributed by atoms with van der Waals surface area (Å²) in [6.45, 7) is 5.20. The van der Waals surface area contributed by atoms with Crippen molar-refractivity contribution in [3.63, 3.8) is 0 Å². The van der Waals surface area contributed by atoms with Gasteiger partial charge in [-0.3, -0.25) is 9.69 Å². The molecule has 0 spiro atoms. The summed E-state index contributed by atoms with van der Waals surface area (Å²) in [5.41, 5.74) is 7.40. The summed E-state index contributed by atoms with van der Waals surface area (Å²) in [4.78, 5) is 19.9. The number of hydrogen-bond acceptors (Lipinski definition) is 4. The molecule has 0 saturated carbocycles. The highest BCUT2D eigenvalue weighted by Gasteiger charge is 2.35. The van der Waals surface area contributed by atoms with Crippen molar-refractivity contribution in [2.24, 2.45) is 0 Å². The number of carbonyl (C=O) groups is 1.